The maximum Gasteiger partial charge on any atom is 0.243 e. The van der Waals surface area contributed by atoms with Crippen molar-refractivity contribution in [3.05, 3.63) is 30.3 Å². The number of likely N-dealkylation sites (N-methyl/N-ethyl adjacent to an activating group) is 1. The SMILES string of the molecule is C[NH+]1CCN(C(=O)C2CCCN(S(=O)(=O)c3ccccc3)C2)CC1. The second-order valence-corrected chi connectivity index (χ2v) is 8.74. The third-order valence-corrected chi connectivity index (χ3v) is 6.92. The van der Waals surface area contributed by atoms with E-state index in [1.165, 1.54) is 9.21 Å². The third kappa shape index (κ3) is 3.63. The lowest BCUT2D eigenvalue weighted by atomic mass is 9.98. The molecule has 24 heavy (non-hydrogen) atoms. The minimum absolute atomic E-state index is 0.121. The van der Waals surface area contributed by atoms with Crippen LogP contribution in [0.1, 0.15) is 12.8 Å². The van der Waals surface area contributed by atoms with Gasteiger partial charge in [-0.1, -0.05) is 18.2 Å². The molecule has 132 valence electrons. The molecule has 0 radical (unpaired) electrons. The second-order valence-electron chi connectivity index (χ2n) is 6.80. The average Bonchev–Trinajstić information content (AvgIpc) is 2.62. The Morgan fingerprint density at radius 1 is 1.12 bits per heavy atom. The molecule has 6 nitrogen and oxygen atoms in total. The number of nitrogens with zero attached hydrogens (tertiary/aromatic N) is 2. The van der Waals surface area contributed by atoms with Gasteiger partial charge in [-0.2, -0.15) is 4.31 Å². The molecule has 0 aliphatic carbocycles. The molecule has 2 fully saturated rings. The molecule has 2 heterocycles. The number of hydrogen-bond acceptors (Lipinski definition) is 3. The summed E-state index contributed by atoms with van der Waals surface area (Å²) in [5.74, 6) is -0.0916. The Hall–Kier alpha value is -1.44. The third-order valence-electron chi connectivity index (χ3n) is 5.04. The standard InChI is InChI=1S/C17H25N3O3S/c1-18-10-12-19(13-11-18)17(21)15-6-5-9-20(14-15)24(22,23)16-7-3-2-4-8-16/h2-4,7-8,15H,5-6,9-14H2,1H3/p+1. The number of benzene rings is 1. The van der Waals surface area contributed by atoms with Crippen molar-refractivity contribution in [2.75, 3.05) is 46.3 Å². The van der Waals surface area contributed by atoms with Crippen molar-refractivity contribution in [2.45, 2.75) is 17.7 Å². The predicted molar refractivity (Wildman–Crippen MR) is 91.1 cm³/mol. The topological polar surface area (TPSA) is 62.1 Å². The number of sulfonamides is 1. The number of quaternary nitrogens is 1. The summed E-state index contributed by atoms with van der Waals surface area (Å²) in [5, 5.41) is 0. The number of piperidine rings is 1. The highest BCUT2D eigenvalue weighted by Gasteiger charge is 2.35. The zero-order valence-electron chi connectivity index (χ0n) is 14.1. The fourth-order valence-electron chi connectivity index (χ4n) is 3.47. The molecule has 0 aromatic heterocycles. The van der Waals surface area contributed by atoms with Crippen LogP contribution in [0, 0.1) is 5.92 Å². The summed E-state index contributed by atoms with van der Waals surface area (Å²) in [6.07, 6.45) is 1.51. The van der Waals surface area contributed by atoms with E-state index in [2.05, 4.69) is 7.05 Å². The van der Waals surface area contributed by atoms with Crippen LogP contribution < -0.4 is 4.90 Å². The molecule has 0 bridgehead atoms. The van der Waals surface area contributed by atoms with E-state index in [1.54, 1.807) is 30.3 Å². The number of carbonyl (C=O) groups excluding carboxylic acids is 1. The van der Waals surface area contributed by atoms with E-state index in [4.69, 9.17) is 0 Å². The summed E-state index contributed by atoms with van der Waals surface area (Å²) in [5.41, 5.74) is 0. The molecule has 1 amide bonds. The van der Waals surface area contributed by atoms with Gasteiger partial charge in [-0.3, -0.25) is 4.79 Å². The number of hydrogen-bond donors (Lipinski definition) is 1. The van der Waals surface area contributed by atoms with Gasteiger partial charge in [0.05, 0.1) is 44.0 Å². The molecule has 2 saturated heterocycles. The Labute approximate surface area is 144 Å². The molecule has 1 aromatic rings. The summed E-state index contributed by atoms with van der Waals surface area (Å²) in [4.78, 5) is 16.4. The number of amides is 1. The van der Waals surface area contributed by atoms with Crippen molar-refractivity contribution in [1.82, 2.24) is 9.21 Å². The lowest BCUT2D eigenvalue weighted by molar-refractivity contribution is -0.883. The van der Waals surface area contributed by atoms with Gasteiger partial charge in [0, 0.05) is 13.1 Å². The lowest BCUT2D eigenvalue weighted by Gasteiger charge is -2.36. The minimum Gasteiger partial charge on any atom is -0.334 e. The highest BCUT2D eigenvalue weighted by atomic mass is 32.2. The highest BCUT2D eigenvalue weighted by molar-refractivity contribution is 7.89. The normalized spacial score (nSPS) is 24.0. The van der Waals surface area contributed by atoms with Crippen molar-refractivity contribution in [3.8, 4) is 0 Å². The zero-order valence-corrected chi connectivity index (χ0v) is 15.0. The Morgan fingerprint density at radius 3 is 2.46 bits per heavy atom. The second kappa shape index (κ2) is 7.21. The molecule has 1 N–H and O–H groups in total. The van der Waals surface area contributed by atoms with Gasteiger partial charge in [0.2, 0.25) is 15.9 Å². The van der Waals surface area contributed by atoms with E-state index in [-0.39, 0.29) is 11.8 Å². The summed E-state index contributed by atoms with van der Waals surface area (Å²) in [6.45, 7) is 4.26. The Bertz CT molecular complexity index is 670. The molecule has 1 aromatic carbocycles. The van der Waals surface area contributed by atoms with Crippen molar-refractivity contribution < 1.29 is 18.1 Å². The Balaban J connectivity index is 1.69. The summed E-state index contributed by atoms with van der Waals surface area (Å²) < 4.78 is 27.0. The minimum atomic E-state index is -3.51. The first-order valence-corrected chi connectivity index (χ1v) is 10.1. The van der Waals surface area contributed by atoms with Gasteiger partial charge in [-0.15, -0.1) is 0 Å². The highest BCUT2D eigenvalue weighted by Crippen LogP contribution is 2.25. The van der Waals surface area contributed by atoms with E-state index in [0.717, 1.165) is 39.0 Å². The van der Waals surface area contributed by atoms with Crippen molar-refractivity contribution in [2.24, 2.45) is 5.92 Å². The number of rotatable bonds is 3. The zero-order chi connectivity index (χ0) is 17.2. The molecule has 2 aliphatic heterocycles. The van der Waals surface area contributed by atoms with Gasteiger partial charge in [-0.05, 0) is 25.0 Å². The average molecular weight is 352 g/mol. The van der Waals surface area contributed by atoms with Crippen LogP contribution >= 0.6 is 0 Å². The summed E-state index contributed by atoms with van der Waals surface area (Å²) in [7, 11) is -1.37. The first-order valence-electron chi connectivity index (χ1n) is 8.64. The fourth-order valence-corrected chi connectivity index (χ4v) is 5.02. The van der Waals surface area contributed by atoms with Crippen molar-refractivity contribution in [1.29, 1.82) is 0 Å². The van der Waals surface area contributed by atoms with Crippen LogP contribution in [-0.4, -0.2) is 69.8 Å². The number of piperazine rings is 1. The predicted octanol–water partition coefficient (Wildman–Crippen LogP) is -0.556. The number of nitrogens with one attached hydrogen (secondary N) is 1. The molecule has 3 rings (SSSR count). The molecule has 2 aliphatic rings. The van der Waals surface area contributed by atoms with Crippen LogP contribution in [-0.2, 0) is 14.8 Å². The van der Waals surface area contributed by atoms with Gasteiger partial charge >= 0.3 is 0 Å². The van der Waals surface area contributed by atoms with Crippen LogP contribution in [0.4, 0.5) is 0 Å². The molecule has 7 heteroatoms. The van der Waals surface area contributed by atoms with Crippen molar-refractivity contribution >= 4 is 15.9 Å². The van der Waals surface area contributed by atoms with Crippen LogP contribution in [0.5, 0.6) is 0 Å². The maximum absolute atomic E-state index is 12.8. The Morgan fingerprint density at radius 2 is 1.79 bits per heavy atom. The van der Waals surface area contributed by atoms with E-state index in [1.807, 2.05) is 4.90 Å². The van der Waals surface area contributed by atoms with Gasteiger partial charge in [0.1, 0.15) is 0 Å². The first kappa shape index (κ1) is 17.4. The number of carbonyl (C=O) groups is 1. The van der Waals surface area contributed by atoms with Crippen LogP contribution in [0.15, 0.2) is 35.2 Å². The van der Waals surface area contributed by atoms with E-state index < -0.39 is 10.0 Å². The molecular formula is C17H26N3O3S+. The van der Waals surface area contributed by atoms with E-state index in [9.17, 15) is 13.2 Å². The van der Waals surface area contributed by atoms with Gasteiger partial charge in [0.15, 0.2) is 0 Å². The smallest absolute Gasteiger partial charge is 0.243 e. The van der Waals surface area contributed by atoms with Crippen molar-refractivity contribution in [3.63, 3.8) is 0 Å². The van der Waals surface area contributed by atoms with Crippen LogP contribution in [0.2, 0.25) is 0 Å². The molecule has 0 spiro atoms. The first-order chi connectivity index (χ1) is 11.5. The van der Waals surface area contributed by atoms with Gasteiger partial charge in [-0.25, -0.2) is 8.42 Å². The quantitative estimate of drug-likeness (QED) is 0.794. The Kier molecular flexibility index (Phi) is 5.22. The fraction of sp³-hybridized carbons (Fsp3) is 0.588. The molecule has 1 atom stereocenters. The largest absolute Gasteiger partial charge is 0.334 e. The molecule has 0 saturated carbocycles. The van der Waals surface area contributed by atoms with Gasteiger partial charge in [0.25, 0.3) is 0 Å². The van der Waals surface area contributed by atoms with Crippen LogP contribution in [0.25, 0.3) is 0 Å². The van der Waals surface area contributed by atoms with E-state index in [0.29, 0.717) is 18.0 Å². The van der Waals surface area contributed by atoms with Gasteiger partial charge < -0.3 is 9.80 Å². The molecule has 1 unspecified atom stereocenters. The molecular weight excluding hydrogens is 326 g/mol. The summed E-state index contributed by atoms with van der Waals surface area (Å²) in [6, 6.07) is 8.49. The summed E-state index contributed by atoms with van der Waals surface area (Å²) >= 11 is 0. The van der Waals surface area contributed by atoms with Crippen LogP contribution in [0.3, 0.4) is 0 Å². The lowest BCUT2D eigenvalue weighted by Crippen LogP contribution is -3.12. The van der Waals surface area contributed by atoms with E-state index >= 15 is 0 Å². The maximum atomic E-state index is 12.8. The monoisotopic (exact) mass is 352 g/mol.